The number of nitrogens with one attached hydrogen (secondary N) is 1. The molecule has 0 spiro atoms. The van der Waals surface area contributed by atoms with Gasteiger partial charge in [-0.2, -0.15) is 5.26 Å². The molecule has 0 saturated carbocycles. The van der Waals surface area contributed by atoms with Crippen LogP contribution in [0.1, 0.15) is 25.8 Å². The summed E-state index contributed by atoms with van der Waals surface area (Å²) in [5.74, 6) is 0. The van der Waals surface area contributed by atoms with Crippen molar-refractivity contribution in [3.63, 3.8) is 0 Å². The summed E-state index contributed by atoms with van der Waals surface area (Å²) in [4.78, 5) is 0. The molecule has 1 unspecified atom stereocenters. The van der Waals surface area contributed by atoms with E-state index in [1.807, 2.05) is 44.2 Å². The molecule has 110 valence electrons. The molecule has 1 rings (SSSR count). The molecule has 4 heteroatoms. The molecular weight excluding hydrogens is 252 g/mol. The number of rotatable bonds is 9. The van der Waals surface area contributed by atoms with Gasteiger partial charge in [-0.05, 0) is 26.5 Å². The minimum Gasteiger partial charge on any atom is -0.379 e. The number of benzene rings is 1. The van der Waals surface area contributed by atoms with Gasteiger partial charge in [0.2, 0.25) is 0 Å². The predicted octanol–water partition coefficient (Wildman–Crippen LogP) is 2.46. The van der Waals surface area contributed by atoms with E-state index in [2.05, 4.69) is 11.4 Å². The van der Waals surface area contributed by atoms with Gasteiger partial charge in [0.25, 0.3) is 0 Å². The second-order valence-corrected chi connectivity index (χ2v) is 4.92. The van der Waals surface area contributed by atoms with Crippen LogP contribution in [-0.4, -0.2) is 33.0 Å². The smallest absolute Gasteiger partial charge is 0.134 e. The van der Waals surface area contributed by atoms with Crippen LogP contribution in [0.15, 0.2) is 30.3 Å². The fourth-order valence-corrected chi connectivity index (χ4v) is 1.98. The molecule has 0 aliphatic heterocycles. The molecule has 0 amide bonds. The first-order valence-electron chi connectivity index (χ1n) is 6.99. The zero-order valence-corrected chi connectivity index (χ0v) is 12.6. The molecule has 0 aliphatic carbocycles. The zero-order valence-electron chi connectivity index (χ0n) is 12.6. The Morgan fingerprint density at radius 3 is 2.45 bits per heavy atom. The molecule has 0 aromatic heterocycles. The topological polar surface area (TPSA) is 54.3 Å². The van der Waals surface area contributed by atoms with Crippen molar-refractivity contribution in [2.24, 2.45) is 0 Å². The maximum absolute atomic E-state index is 9.51. The van der Waals surface area contributed by atoms with E-state index in [1.165, 1.54) is 0 Å². The second-order valence-electron chi connectivity index (χ2n) is 4.92. The third-order valence-corrected chi connectivity index (χ3v) is 3.18. The van der Waals surface area contributed by atoms with Crippen LogP contribution in [0, 0.1) is 11.3 Å². The first-order chi connectivity index (χ1) is 9.64. The predicted molar refractivity (Wildman–Crippen MR) is 79.3 cm³/mol. The van der Waals surface area contributed by atoms with Gasteiger partial charge < -0.3 is 9.47 Å². The van der Waals surface area contributed by atoms with Gasteiger partial charge in [-0.15, -0.1) is 0 Å². The Labute approximate surface area is 121 Å². The Hall–Kier alpha value is -1.41. The van der Waals surface area contributed by atoms with Gasteiger partial charge >= 0.3 is 0 Å². The first kappa shape index (κ1) is 16.6. The van der Waals surface area contributed by atoms with Crippen molar-refractivity contribution in [1.82, 2.24) is 5.32 Å². The highest BCUT2D eigenvalue weighted by atomic mass is 16.5. The van der Waals surface area contributed by atoms with Gasteiger partial charge in [0, 0.05) is 13.0 Å². The van der Waals surface area contributed by atoms with Gasteiger partial charge in [-0.3, -0.25) is 5.32 Å². The van der Waals surface area contributed by atoms with Crippen LogP contribution in [0.25, 0.3) is 0 Å². The van der Waals surface area contributed by atoms with Crippen molar-refractivity contribution < 1.29 is 9.47 Å². The summed E-state index contributed by atoms with van der Waals surface area (Å²) in [5, 5.41) is 12.6. The van der Waals surface area contributed by atoms with E-state index in [0.29, 0.717) is 26.2 Å². The van der Waals surface area contributed by atoms with Crippen LogP contribution in [0.2, 0.25) is 0 Å². The lowest BCUT2D eigenvalue weighted by molar-refractivity contribution is 0.0158. The number of nitriles is 1. The van der Waals surface area contributed by atoms with Crippen molar-refractivity contribution in [2.75, 3.05) is 26.9 Å². The second kappa shape index (κ2) is 8.70. The van der Waals surface area contributed by atoms with E-state index in [0.717, 1.165) is 5.56 Å². The quantitative estimate of drug-likeness (QED) is 0.704. The SMILES string of the molecule is CNC(C#N)(CCOCCOC(C)C)c1ccccc1. The van der Waals surface area contributed by atoms with E-state index >= 15 is 0 Å². The minimum atomic E-state index is -0.694. The first-order valence-corrected chi connectivity index (χ1v) is 6.99. The summed E-state index contributed by atoms with van der Waals surface area (Å²) in [6.45, 7) is 5.65. The van der Waals surface area contributed by atoms with Gasteiger partial charge in [-0.1, -0.05) is 30.3 Å². The number of nitrogens with zero attached hydrogens (tertiary/aromatic N) is 1. The van der Waals surface area contributed by atoms with Gasteiger partial charge in [0.15, 0.2) is 0 Å². The molecule has 20 heavy (non-hydrogen) atoms. The molecule has 1 N–H and O–H groups in total. The Morgan fingerprint density at radius 2 is 1.90 bits per heavy atom. The van der Waals surface area contributed by atoms with Crippen LogP contribution >= 0.6 is 0 Å². The number of hydrogen-bond acceptors (Lipinski definition) is 4. The molecule has 1 aromatic rings. The number of hydrogen-bond donors (Lipinski definition) is 1. The van der Waals surface area contributed by atoms with Crippen molar-refractivity contribution in [2.45, 2.75) is 31.9 Å². The normalized spacial score (nSPS) is 13.9. The van der Waals surface area contributed by atoms with Crippen LogP contribution in [0.3, 0.4) is 0 Å². The Balaban J connectivity index is 2.47. The van der Waals surface area contributed by atoms with Gasteiger partial charge in [0.05, 0.1) is 25.4 Å². The van der Waals surface area contributed by atoms with E-state index < -0.39 is 5.54 Å². The standard InChI is InChI=1S/C16H24N2O2/c1-14(2)20-12-11-19-10-9-16(13-17,18-3)15-7-5-4-6-8-15/h4-8,14,18H,9-12H2,1-3H3. The molecule has 0 heterocycles. The molecule has 0 fully saturated rings. The maximum Gasteiger partial charge on any atom is 0.134 e. The molecule has 0 aliphatic rings. The molecule has 0 radical (unpaired) electrons. The van der Waals surface area contributed by atoms with Crippen molar-refractivity contribution in [3.8, 4) is 6.07 Å². The summed E-state index contributed by atoms with van der Waals surface area (Å²) in [6.07, 6.45) is 0.824. The van der Waals surface area contributed by atoms with Gasteiger partial charge in [-0.25, -0.2) is 0 Å². The lowest BCUT2D eigenvalue weighted by atomic mass is 9.88. The van der Waals surface area contributed by atoms with Crippen molar-refractivity contribution in [3.05, 3.63) is 35.9 Å². The Kier molecular flexibility index (Phi) is 7.24. The van der Waals surface area contributed by atoms with Crippen LogP contribution in [-0.2, 0) is 15.0 Å². The van der Waals surface area contributed by atoms with E-state index in [4.69, 9.17) is 9.47 Å². The summed E-state index contributed by atoms with van der Waals surface area (Å²) in [7, 11) is 1.80. The van der Waals surface area contributed by atoms with Crippen LogP contribution in [0.5, 0.6) is 0 Å². The minimum absolute atomic E-state index is 0.221. The highest BCUT2D eigenvalue weighted by Crippen LogP contribution is 2.23. The average molecular weight is 276 g/mol. The summed E-state index contributed by atoms with van der Waals surface area (Å²) < 4.78 is 11.0. The zero-order chi connectivity index (χ0) is 14.8. The van der Waals surface area contributed by atoms with Crippen LogP contribution in [0.4, 0.5) is 0 Å². The average Bonchev–Trinajstić information content (AvgIpc) is 2.48. The highest BCUT2D eigenvalue weighted by Gasteiger charge is 2.29. The number of ether oxygens (including phenoxy) is 2. The van der Waals surface area contributed by atoms with E-state index in [9.17, 15) is 5.26 Å². The van der Waals surface area contributed by atoms with Crippen molar-refractivity contribution in [1.29, 1.82) is 5.26 Å². The molecule has 0 bridgehead atoms. The summed E-state index contributed by atoms with van der Waals surface area (Å²) in [5.41, 5.74) is 0.271. The third-order valence-electron chi connectivity index (χ3n) is 3.18. The summed E-state index contributed by atoms with van der Waals surface area (Å²) >= 11 is 0. The molecule has 4 nitrogen and oxygen atoms in total. The summed E-state index contributed by atoms with van der Waals surface area (Å²) in [6, 6.07) is 12.1. The Morgan fingerprint density at radius 1 is 1.20 bits per heavy atom. The lowest BCUT2D eigenvalue weighted by Gasteiger charge is -2.26. The molecule has 1 aromatic carbocycles. The van der Waals surface area contributed by atoms with Crippen LogP contribution < -0.4 is 5.32 Å². The largest absolute Gasteiger partial charge is 0.379 e. The fraction of sp³-hybridized carbons (Fsp3) is 0.562. The van der Waals surface area contributed by atoms with E-state index in [1.54, 1.807) is 7.05 Å². The lowest BCUT2D eigenvalue weighted by Crippen LogP contribution is -2.39. The maximum atomic E-state index is 9.51. The molecular formula is C16H24N2O2. The molecule has 1 atom stereocenters. The third kappa shape index (κ3) is 4.93. The monoisotopic (exact) mass is 276 g/mol. The Bertz CT molecular complexity index is 414. The fourth-order valence-electron chi connectivity index (χ4n) is 1.98. The van der Waals surface area contributed by atoms with Crippen molar-refractivity contribution >= 4 is 0 Å². The molecule has 0 saturated heterocycles. The van der Waals surface area contributed by atoms with Gasteiger partial charge in [0.1, 0.15) is 5.54 Å². The van der Waals surface area contributed by atoms with E-state index in [-0.39, 0.29) is 6.10 Å². The highest BCUT2D eigenvalue weighted by molar-refractivity contribution is 5.31.